The average Bonchev–Trinajstić information content (AvgIpc) is 3.39. The third-order valence-corrected chi connectivity index (χ3v) is 6.02. The molecule has 208 valence electrons. The SMILES string of the molecule is CCCCCC(C(=O)NCNC(=O)c1ccc(-c2cc(OCC)cc(C(=O)O)c2O)o1)[C@@H](CC)N(O)C=O. The lowest BCUT2D eigenvalue weighted by molar-refractivity contribution is -0.168. The smallest absolute Gasteiger partial charge is 0.339 e. The van der Waals surface area contributed by atoms with Gasteiger partial charge >= 0.3 is 5.97 Å². The summed E-state index contributed by atoms with van der Waals surface area (Å²) in [6, 6.07) is 4.62. The fraction of sp³-hybridized carbons (Fsp3) is 0.462. The number of ether oxygens (including phenoxy) is 1. The molecule has 2 aromatic rings. The maximum atomic E-state index is 12.8. The fourth-order valence-corrected chi connectivity index (χ4v) is 4.09. The Labute approximate surface area is 220 Å². The van der Waals surface area contributed by atoms with Crippen molar-refractivity contribution in [3.05, 3.63) is 35.6 Å². The molecule has 1 heterocycles. The molecule has 0 aliphatic heterocycles. The zero-order valence-corrected chi connectivity index (χ0v) is 21.7. The van der Waals surface area contributed by atoms with Crippen molar-refractivity contribution >= 4 is 24.2 Å². The van der Waals surface area contributed by atoms with Crippen LogP contribution in [0, 0.1) is 5.92 Å². The van der Waals surface area contributed by atoms with Crippen molar-refractivity contribution in [2.75, 3.05) is 13.3 Å². The molecule has 38 heavy (non-hydrogen) atoms. The number of aromatic hydroxyl groups is 1. The number of nitrogens with zero attached hydrogens (tertiary/aromatic N) is 1. The third kappa shape index (κ3) is 7.72. The standard InChI is InChI=1S/C26H35N3O9/c1-4-7-8-9-17(20(5-2)29(36)15-30)24(32)27-14-28-25(33)22-11-10-21(38-22)18-12-16(37-6-3)13-19(23(18)31)26(34)35/h10-13,15,17,20,31,36H,4-9,14H2,1-3H3,(H,27,32)(H,28,33)(H,34,35)/t17?,20-/m1/s1. The Morgan fingerprint density at radius 1 is 1.13 bits per heavy atom. The summed E-state index contributed by atoms with van der Waals surface area (Å²) in [5.41, 5.74) is -0.351. The Hall–Kier alpha value is -4.06. The van der Waals surface area contributed by atoms with E-state index in [1.807, 2.05) is 6.92 Å². The number of hydroxylamine groups is 2. The van der Waals surface area contributed by atoms with Gasteiger partial charge in [0.05, 0.1) is 30.8 Å². The Morgan fingerprint density at radius 2 is 1.87 bits per heavy atom. The third-order valence-electron chi connectivity index (χ3n) is 6.02. The maximum absolute atomic E-state index is 12.8. The Bertz CT molecular complexity index is 1120. The van der Waals surface area contributed by atoms with Gasteiger partial charge in [0.1, 0.15) is 22.8 Å². The average molecular weight is 534 g/mol. The zero-order valence-electron chi connectivity index (χ0n) is 21.7. The summed E-state index contributed by atoms with van der Waals surface area (Å²) in [6.07, 6.45) is 3.66. The van der Waals surface area contributed by atoms with Crippen molar-refractivity contribution in [3.63, 3.8) is 0 Å². The first-order valence-electron chi connectivity index (χ1n) is 12.5. The molecule has 0 radical (unpaired) electrons. The quantitative estimate of drug-likeness (QED) is 0.0711. The van der Waals surface area contributed by atoms with Gasteiger partial charge in [-0.25, -0.2) is 9.86 Å². The van der Waals surface area contributed by atoms with Gasteiger partial charge in [-0.05, 0) is 44.0 Å². The topological polar surface area (TPSA) is 179 Å². The molecule has 0 saturated carbocycles. The fourth-order valence-electron chi connectivity index (χ4n) is 4.09. The summed E-state index contributed by atoms with van der Waals surface area (Å²) in [4.78, 5) is 48.0. The number of benzene rings is 1. The van der Waals surface area contributed by atoms with Gasteiger partial charge in [0, 0.05) is 0 Å². The van der Waals surface area contributed by atoms with Crippen LogP contribution >= 0.6 is 0 Å². The highest BCUT2D eigenvalue weighted by Crippen LogP contribution is 2.37. The first kappa shape index (κ1) is 30.2. The van der Waals surface area contributed by atoms with Gasteiger partial charge in [-0.15, -0.1) is 0 Å². The molecule has 0 fully saturated rings. The van der Waals surface area contributed by atoms with Gasteiger partial charge in [-0.2, -0.15) is 0 Å². The summed E-state index contributed by atoms with van der Waals surface area (Å²) in [6.45, 7) is 5.53. The number of unbranched alkanes of at least 4 members (excludes halogenated alkanes) is 2. The van der Waals surface area contributed by atoms with E-state index in [2.05, 4.69) is 10.6 Å². The second kappa shape index (κ2) is 14.6. The lowest BCUT2D eigenvalue weighted by Crippen LogP contribution is -2.47. The Morgan fingerprint density at radius 3 is 2.47 bits per heavy atom. The summed E-state index contributed by atoms with van der Waals surface area (Å²) in [5, 5.41) is 35.3. The van der Waals surface area contributed by atoms with Crippen molar-refractivity contribution in [3.8, 4) is 22.8 Å². The normalized spacial score (nSPS) is 12.3. The molecule has 5 N–H and O–H groups in total. The highest BCUT2D eigenvalue weighted by atomic mass is 16.5. The van der Waals surface area contributed by atoms with Crippen LogP contribution in [0.15, 0.2) is 28.7 Å². The van der Waals surface area contributed by atoms with Crippen LogP contribution in [0.4, 0.5) is 0 Å². The molecule has 0 spiro atoms. The minimum absolute atomic E-state index is 0.0324. The number of rotatable bonds is 16. The van der Waals surface area contributed by atoms with Gasteiger partial charge in [0.25, 0.3) is 5.91 Å². The number of carboxylic acid groups (broad SMARTS) is 1. The van der Waals surface area contributed by atoms with Crippen LogP contribution in [-0.4, -0.2) is 64.0 Å². The first-order valence-corrected chi connectivity index (χ1v) is 12.5. The van der Waals surface area contributed by atoms with E-state index in [1.165, 1.54) is 24.3 Å². The molecule has 12 nitrogen and oxygen atoms in total. The van der Waals surface area contributed by atoms with Gasteiger partial charge in [-0.1, -0.05) is 33.1 Å². The number of aromatic carboxylic acids is 1. The van der Waals surface area contributed by atoms with E-state index in [0.717, 1.165) is 19.3 Å². The minimum atomic E-state index is -1.36. The molecule has 1 aromatic carbocycles. The molecule has 12 heteroatoms. The molecular weight excluding hydrogens is 498 g/mol. The minimum Gasteiger partial charge on any atom is -0.506 e. The zero-order chi connectivity index (χ0) is 28.2. The van der Waals surface area contributed by atoms with E-state index < -0.39 is 35.5 Å². The van der Waals surface area contributed by atoms with Crippen LogP contribution in [0.1, 0.15) is 73.8 Å². The molecule has 0 bridgehead atoms. The van der Waals surface area contributed by atoms with Crippen LogP contribution in [0.2, 0.25) is 0 Å². The second-order valence-electron chi connectivity index (χ2n) is 8.56. The molecule has 0 saturated heterocycles. The molecule has 0 aliphatic rings. The molecule has 1 unspecified atom stereocenters. The van der Waals surface area contributed by atoms with Crippen LogP contribution in [-0.2, 0) is 9.59 Å². The molecular formula is C26H35N3O9. The van der Waals surface area contributed by atoms with E-state index in [0.29, 0.717) is 17.9 Å². The van der Waals surface area contributed by atoms with Gasteiger partial charge in [0.15, 0.2) is 5.76 Å². The molecule has 3 amide bonds. The van der Waals surface area contributed by atoms with Crippen LogP contribution in [0.3, 0.4) is 0 Å². The molecule has 2 rings (SSSR count). The summed E-state index contributed by atoms with van der Waals surface area (Å²) in [5.74, 6) is -3.55. The number of carbonyl (C=O) groups is 4. The second-order valence-corrected chi connectivity index (χ2v) is 8.56. The van der Waals surface area contributed by atoms with Crippen LogP contribution in [0.5, 0.6) is 11.5 Å². The van der Waals surface area contributed by atoms with E-state index in [9.17, 15) is 34.6 Å². The summed E-state index contributed by atoms with van der Waals surface area (Å²) in [7, 11) is 0. The number of carbonyl (C=O) groups excluding carboxylic acids is 3. The predicted molar refractivity (Wildman–Crippen MR) is 136 cm³/mol. The van der Waals surface area contributed by atoms with E-state index >= 15 is 0 Å². The highest BCUT2D eigenvalue weighted by Gasteiger charge is 2.30. The number of hydrogen-bond donors (Lipinski definition) is 5. The molecule has 0 aliphatic carbocycles. The highest BCUT2D eigenvalue weighted by molar-refractivity contribution is 5.95. The maximum Gasteiger partial charge on any atom is 0.339 e. The Kier molecular flexibility index (Phi) is 11.6. The monoisotopic (exact) mass is 533 g/mol. The number of furan rings is 1. The number of phenols is 1. The molecule has 1 aromatic heterocycles. The van der Waals surface area contributed by atoms with E-state index in [1.54, 1.807) is 13.8 Å². The van der Waals surface area contributed by atoms with Crippen LogP contribution in [0.25, 0.3) is 11.3 Å². The predicted octanol–water partition coefficient (Wildman–Crippen LogP) is 3.38. The van der Waals surface area contributed by atoms with Crippen molar-refractivity contribution in [2.24, 2.45) is 5.92 Å². The number of carboxylic acids is 1. The number of amides is 3. The lowest BCUT2D eigenvalue weighted by atomic mass is 9.90. The van der Waals surface area contributed by atoms with Gasteiger partial charge < -0.3 is 30.0 Å². The first-order chi connectivity index (χ1) is 18.2. The van der Waals surface area contributed by atoms with E-state index in [-0.39, 0.29) is 48.1 Å². The summed E-state index contributed by atoms with van der Waals surface area (Å²) < 4.78 is 10.9. The van der Waals surface area contributed by atoms with Crippen LogP contribution < -0.4 is 15.4 Å². The number of nitrogens with one attached hydrogen (secondary N) is 2. The van der Waals surface area contributed by atoms with Crippen molar-refractivity contribution in [2.45, 2.75) is 58.9 Å². The summed E-state index contributed by atoms with van der Waals surface area (Å²) >= 11 is 0. The van der Waals surface area contributed by atoms with Crippen molar-refractivity contribution < 1.29 is 43.8 Å². The van der Waals surface area contributed by atoms with Crippen molar-refractivity contribution in [1.82, 2.24) is 15.7 Å². The van der Waals surface area contributed by atoms with E-state index in [4.69, 9.17) is 9.15 Å². The Balaban J connectivity index is 2.10. The van der Waals surface area contributed by atoms with Gasteiger partial charge in [-0.3, -0.25) is 19.6 Å². The largest absolute Gasteiger partial charge is 0.506 e. The molecule has 2 atom stereocenters. The van der Waals surface area contributed by atoms with Crippen molar-refractivity contribution in [1.29, 1.82) is 0 Å². The van der Waals surface area contributed by atoms with Gasteiger partial charge in [0.2, 0.25) is 12.3 Å². The lowest BCUT2D eigenvalue weighted by Gasteiger charge is -2.29. The number of hydrogen-bond acceptors (Lipinski definition) is 8.